The number of nitrogens with one attached hydrogen (secondary N) is 1. The number of benzene rings is 1. The highest BCUT2D eigenvalue weighted by atomic mass is 16.5. The zero-order chi connectivity index (χ0) is 13.1. The summed E-state index contributed by atoms with van der Waals surface area (Å²) in [7, 11) is 3.12. The highest BCUT2D eigenvalue weighted by Gasteiger charge is 2.10. The highest BCUT2D eigenvalue weighted by Crippen LogP contribution is 2.31. The van der Waals surface area contributed by atoms with E-state index in [1.807, 2.05) is 6.07 Å². The van der Waals surface area contributed by atoms with Crippen molar-refractivity contribution in [3.63, 3.8) is 0 Å². The first kappa shape index (κ1) is 12.0. The Hall–Kier alpha value is -2.50. The summed E-state index contributed by atoms with van der Waals surface area (Å²) < 4.78 is 10.3. The van der Waals surface area contributed by atoms with Crippen molar-refractivity contribution in [3.05, 3.63) is 30.0 Å². The van der Waals surface area contributed by atoms with Crippen LogP contribution in [0, 0.1) is 0 Å². The maximum atomic E-state index is 11.0. The maximum Gasteiger partial charge on any atom is 0.266 e. The van der Waals surface area contributed by atoms with E-state index in [4.69, 9.17) is 15.2 Å². The van der Waals surface area contributed by atoms with Crippen LogP contribution in [0.1, 0.15) is 10.5 Å². The monoisotopic (exact) mass is 247 g/mol. The Morgan fingerprint density at radius 3 is 2.50 bits per heavy atom. The van der Waals surface area contributed by atoms with Crippen LogP contribution in [0.3, 0.4) is 0 Å². The molecule has 94 valence electrons. The third-order valence-electron chi connectivity index (χ3n) is 2.52. The second kappa shape index (κ2) is 4.79. The van der Waals surface area contributed by atoms with E-state index in [1.165, 1.54) is 0 Å². The quantitative estimate of drug-likeness (QED) is 0.849. The molecular formula is C12H13N3O3. The number of H-pyrrole nitrogens is 1. The molecular weight excluding hydrogens is 234 g/mol. The topological polar surface area (TPSA) is 90.2 Å². The van der Waals surface area contributed by atoms with Gasteiger partial charge in [0.2, 0.25) is 0 Å². The predicted molar refractivity (Wildman–Crippen MR) is 65.6 cm³/mol. The molecule has 0 aliphatic heterocycles. The summed E-state index contributed by atoms with van der Waals surface area (Å²) in [4.78, 5) is 11.0. The van der Waals surface area contributed by atoms with Gasteiger partial charge < -0.3 is 15.2 Å². The molecule has 0 radical (unpaired) electrons. The standard InChI is InChI=1S/C12H13N3O3/c1-17-10-4-3-7(5-11(10)18-2)8-6-9(12(13)16)15-14-8/h3-6H,1-2H3,(H2,13,16)(H,14,15). The fraction of sp³-hybridized carbons (Fsp3) is 0.167. The van der Waals surface area contributed by atoms with E-state index >= 15 is 0 Å². The lowest BCUT2D eigenvalue weighted by molar-refractivity contribution is 0.0995. The van der Waals surface area contributed by atoms with Crippen LogP contribution in [0.15, 0.2) is 24.3 Å². The Bertz CT molecular complexity index is 578. The van der Waals surface area contributed by atoms with Gasteiger partial charge in [-0.05, 0) is 24.3 Å². The minimum Gasteiger partial charge on any atom is -0.493 e. The molecule has 1 heterocycles. The molecule has 2 rings (SSSR count). The van der Waals surface area contributed by atoms with Gasteiger partial charge in [0.15, 0.2) is 11.5 Å². The number of carbonyl (C=O) groups is 1. The van der Waals surface area contributed by atoms with E-state index in [2.05, 4.69) is 10.2 Å². The lowest BCUT2D eigenvalue weighted by atomic mass is 10.1. The first-order chi connectivity index (χ1) is 8.65. The zero-order valence-corrected chi connectivity index (χ0v) is 10.1. The molecule has 0 aliphatic rings. The molecule has 1 aromatic heterocycles. The van der Waals surface area contributed by atoms with Crippen LogP contribution in [-0.2, 0) is 0 Å². The first-order valence-electron chi connectivity index (χ1n) is 5.23. The summed E-state index contributed by atoms with van der Waals surface area (Å²) in [5, 5.41) is 6.59. The van der Waals surface area contributed by atoms with Gasteiger partial charge >= 0.3 is 0 Å². The van der Waals surface area contributed by atoms with Crippen molar-refractivity contribution < 1.29 is 14.3 Å². The van der Waals surface area contributed by atoms with Crippen LogP contribution >= 0.6 is 0 Å². The molecule has 18 heavy (non-hydrogen) atoms. The molecule has 0 fully saturated rings. The smallest absolute Gasteiger partial charge is 0.266 e. The molecule has 0 spiro atoms. The van der Waals surface area contributed by atoms with E-state index in [9.17, 15) is 4.79 Å². The number of hydrogen-bond donors (Lipinski definition) is 2. The Balaban J connectivity index is 2.41. The number of aromatic nitrogens is 2. The summed E-state index contributed by atoms with van der Waals surface area (Å²) in [6.45, 7) is 0. The molecule has 0 aliphatic carbocycles. The fourth-order valence-electron chi connectivity index (χ4n) is 1.59. The summed E-state index contributed by atoms with van der Waals surface area (Å²) in [5.41, 5.74) is 6.83. The number of primary amides is 1. The molecule has 0 bridgehead atoms. The number of carbonyl (C=O) groups excluding carboxylic acids is 1. The number of ether oxygens (including phenoxy) is 2. The molecule has 6 nitrogen and oxygen atoms in total. The van der Waals surface area contributed by atoms with E-state index in [1.54, 1.807) is 32.4 Å². The Morgan fingerprint density at radius 1 is 1.22 bits per heavy atom. The van der Waals surface area contributed by atoms with Crippen LogP contribution in [0.2, 0.25) is 0 Å². The average molecular weight is 247 g/mol. The number of methoxy groups -OCH3 is 2. The van der Waals surface area contributed by atoms with Crippen molar-refractivity contribution in [2.24, 2.45) is 5.73 Å². The van der Waals surface area contributed by atoms with Crippen molar-refractivity contribution in [2.75, 3.05) is 14.2 Å². The Morgan fingerprint density at radius 2 is 1.94 bits per heavy atom. The van der Waals surface area contributed by atoms with E-state index in [-0.39, 0.29) is 5.69 Å². The van der Waals surface area contributed by atoms with Gasteiger partial charge in [0.25, 0.3) is 5.91 Å². The SMILES string of the molecule is COc1ccc(-c2cc(C(N)=O)[nH]n2)cc1OC. The van der Waals surface area contributed by atoms with Crippen LogP contribution < -0.4 is 15.2 Å². The van der Waals surface area contributed by atoms with Crippen molar-refractivity contribution in [1.29, 1.82) is 0 Å². The van der Waals surface area contributed by atoms with E-state index in [0.717, 1.165) is 5.56 Å². The number of nitrogens with zero attached hydrogens (tertiary/aromatic N) is 1. The summed E-state index contributed by atoms with van der Waals surface area (Å²) in [6.07, 6.45) is 0. The fourth-order valence-corrected chi connectivity index (χ4v) is 1.59. The number of hydrogen-bond acceptors (Lipinski definition) is 4. The second-order valence-electron chi connectivity index (χ2n) is 3.60. The molecule has 6 heteroatoms. The van der Waals surface area contributed by atoms with Crippen molar-refractivity contribution >= 4 is 5.91 Å². The van der Waals surface area contributed by atoms with Gasteiger partial charge in [-0.15, -0.1) is 0 Å². The lowest BCUT2D eigenvalue weighted by Gasteiger charge is -2.08. The molecule has 0 unspecified atom stereocenters. The van der Waals surface area contributed by atoms with Crippen LogP contribution in [0.4, 0.5) is 0 Å². The van der Waals surface area contributed by atoms with Crippen LogP contribution in [-0.4, -0.2) is 30.3 Å². The van der Waals surface area contributed by atoms with E-state index in [0.29, 0.717) is 17.2 Å². The average Bonchev–Trinajstić information content (AvgIpc) is 2.87. The highest BCUT2D eigenvalue weighted by molar-refractivity contribution is 5.91. The number of nitrogens with two attached hydrogens (primary N) is 1. The van der Waals surface area contributed by atoms with Gasteiger partial charge in [-0.2, -0.15) is 5.10 Å². The minimum absolute atomic E-state index is 0.264. The summed E-state index contributed by atoms with van der Waals surface area (Å²) in [5.74, 6) is 0.680. The van der Waals surface area contributed by atoms with Crippen LogP contribution in [0.5, 0.6) is 11.5 Å². The first-order valence-corrected chi connectivity index (χ1v) is 5.23. The Kier molecular flexibility index (Phi) is 3.18. The van der Waals surface area contributed by atoms with Gasteiger partial charge in [-0.3, -0.25) is 9.89 Å². The largest absolute Gasteiger partial charge is 0.493 e. The lowest BCUT2D eigenvalue weighted by Crippen LogP contribution is -2.10. The molecule has 0 atom stereocenters. The molecule has 1 aromatic carbocycles. The number of amides is 1. The van der Waals surface area contributed by atoms with Gasteiger partial charge in [-0.1, -0.05) is 0 Å². The van der Waals surface area contributed by atoms with Crippen molar-refractivity contribution in [2.45, 2.75) is 0 Å². The predicted octanol–water partition coefficient (Wildman–Crippen LogP) is 1.19. The molecule has 2 aromatic rings. The van der Waals surface area contributed by atoms with Crippen LogP contribution in [0.25, 0.3) is 11.3 Å². The molecule has 0 saturated heterocycles. The normalized spacial score (nSPS) is 10.1. The summed E-state index contributed by atoms with van der Waals surface area (Å²) >= 11 is 0. The van der Waals surface area contributed by atoms with Crippen molar-refractivity contribution in [3.8, 4) is 22.8 Å². The van der Waals surface area contributed by atoms with Gasteiger partial charge in [0.1, 0.15) is 5.69 Å². The molecule has 1 amide bonds. The number of aromatic amines is 1. The second-order valence-corrected chi connectivity index (χ2v) is 3.60. The third kappa shape index (κ3) is 2.13. The minimum atomic E-state index is -0.547. The van der Waals surface area contributed by atoms with Gasteiger partial charge in [0, 0.05) is 5.56 Å². The Labute approximate surface area is 104 Å². The summed E-state index contributed by atoms with van der Waals surface area (Å²) in [6, 6.07) is 6.96. The van der Waals surface area contributed by atoms with E-state index < -0.39 is 5.91 Å². The van der Waals surface area contributed by atoms with Crippen molar-refractivity contribution in [1.82, 2.24) is 10.2 Å². The maximum absolute atomic E-state index is 11.0. The third-order valence-corrected chi connectivity index (χ3v) is 2.52. The van der Waals surface area contributed by atoms with Gasteiger partial charge in [0.05, 0.1) is 19.9 Å². The zero-order valence-electron chi connectivity index (χ0n) is 10.1. The molecule has 3 N–H and O–H groups in total. The molecule has 0 saturated carbocycles. The van der Waals surface area contributed by atoms with Gasteiger partial charge in [-0.25, -0.2) is 0 Å². The number of rotatable bonds is 4.